The maximum absolute atomic E-state index is 10.8. The summed E-state index contributed by atoms with van der Waals surface area (Å²) in [6.45, 7) is 16.3. The number of fused-ring (bicyclic) bond motifs is 5. The van der Waals surface area contributed by atoms with Crippen molar-refractivity contribution in [2.45, 2.75) is 7.43 Å². The standard InChI is InChI=1S/2C17H22N4OS.C12H17N3O3.C12H19N3O.C8H8N2O3.C4H10ClN.CH4.ClH/c2*1-20(2)7-8-21-9-10-22-15-6-5-13(12-14(15)21)19-17(18)16-4-3-11-23-16;1-13(2)5-6-14-7-8-18-12-4-3-10(15(16)17)9-11(12)14;1-14(2)5-6-15-7-8-16-12-4-3-10(13)9-11(12)15;11-10(12)6-1-2-8-7(5-6)9-3-4-13-8;1-6(2)4-3-5;;/h2*3-6,11-12H,7-10H2,1-2H3,(H2,18,19);3-4,9H,5-8H2,1-2H3;3-4,9H,5-8,13H2,1-2H3;1-2,5,9H,3-4H2;3-4H2,1-2H3;1H4;1H. The highest BCUT2D eigenvalue weighted by Gasteiger charge is 2.24. The van der Waals surface area contributed by atoms with Gasteiger partial charge in [-0.2, -0.15) is 0 Å². The van der Waals surface area contributed by atoms with Gasteiger partial charge in [-0.15, -0.1) is 46.7 Å². The van der Waals surface area contributed by atoms with E-state index in [1.54, 1.807) is 40.9 Å². The van der Waals surface area contributed by atoms with Crippen LogP contribution in [0, 0.1) is 20.2 Å². The molecule has 0 amide bonds. The first kappa shape index (κ1) is 83.1. The van der Waals surface area contributed by atoms with Crippen molar-refractivity contribution in [3.05, 3.63) is 156 Å². The molecule has 0 radical (unpaired) electrons. The first-order valence-corrected chi connectivity index (χ1v) is 35.0. The van der Waals surface area contributed by atoms with Crippen molar-refractivity contribution in [1.82, 2.24) is 24.5 Å². The Morgan fingerprint density at radius 3 is 1.20 bits per heavy atom. The lowest BCUT2D eigenvalue weighted by molar-refractivity contribution is -0.385. The SMILES string of the molecule is C.CN(C)CCCl.CN(C)CCN1CCOc2ccc(N)cc21.CN(C)CCN1CCOc2ccc(N=C(N)c3cccs3)cc21.CN(C)CCN1CCOc2ccc(N=C(N)c3cccs3)cc21.CN(C)CCN1CCOc2ccc([N+](=O)[O-])cc21.Cl.O=[N+]([O-])c1ccc2c(c1)NCCO2. The fourth-order valence-corrected chi connectivity index (χ4v) is 11.8. The molecule has 7 aromatic rings. The van der Waals surface area contributed by atoms with Gasteiger partial charge in [0.05, 0.1) is 85.6 Å². The molecule has 7 N–H and O–H groups in total. The zero-order valence-corrected chi connectivity index (χ0v) is 62.3. The van der Waals surface area contributed by atoms with Crippen molar-refractivity contribution in [2.75, 3.05) is 232 Å². The number of nitrogens with zero attached hydrogens (tertiary/aromatic N) is 13. The average Bonchev–Trinajstić information content (AvgIpc) is 1.32. The number of nitro groups is 2. The number of thiophene rings is 2. The minimum absolute atomic E-state index is 0. The van der Waals surface area contributed by atoms with E-state index in [-0.39, 0.29) is 36.1 Å². The molecule has 5 aliphatic heterocycles. The smallest absolute Gasteiger partial charge is 0.271 e. The van der Waals surface area contributed by atoms with Gasteiger partial charge in [0.1, 0.15) is 73.5 Å². The molecule has 0 saturated carbocycles. The number of hydrogen-bond acceptors (Lipinski definition) is 24. The van der Waals surface area contributed by atoms with Gasteiger partial charge < -0.3 is 90.3 Å². The van der Waals surface area contributed by atoms with E-state index < -0.39 is 4.92 Å². The number of aliphatic imine (C=N–C) groups is 2. The van der Waals surface area contributed by atoms with E-state index in [0.29, 0.717) is 42.9 Å². The van der Waals surface area contributed by atoms with Crippen LogP contribution in [0.3, 0.4) is 0 Å². The van der Waals surface area contributed by atoms with Crippen LogP contribution in [-0.4, -0.2) is 247 Å². The van der Waals surface area contributed by atoms with Gasteiger partial charge in [0, 0.05) is 101 Å². The number of halogens is 2. The van der Waals surface area contributed by atoms with Crippen molar-refractivity contribution in [1.29, 1.82) is 0 Å². The highest BCUT2D eigenvalue weighted by atomic mass is 35.5. The number of nitrogens with two attached hydrogens (primary N) is 3. The fraction of sp³-hybridized carbons (Fsp3) is 0.437. The second-order valence-electron chi connectivity index (χ2n) is 24.6. The Morgan fingerprint density at radius 2 is 0.842 bits per heavy atom. The topological polar surface area (TPSA) is 276 Å². The molecule has 0 fully saturated rings. The molecule has 0 atom stereocenters. The summed E-state index contributed by atoms with van der Waals surface area (Å²) < 4.78 is 27.9. The maximum atomic E-state index is 10.8. The van der Waals surface area contributed by atoms with Crippen LogP contribution < -0.4 is 65.8 Å². The number of nitrogen functional groups attached to an aromatic ring is 1. The minimum Gasteiger partial charge on any atom is -0.490 e. The first-order valence-electron chi connectivity index (χ1n) is 32.7. The first-order chi connectivity index (χ1) is 47.5. The van der Waals surface area contributed by atoms with Crippen LogP contribution in [0.15, 0.2) is 136 Å². The molecule has 0 aliphatic carbocycles. The Kier molecular flexibility index (Phi) is 35.1. The van der Waals surface area contributed by atoms with E-state index in [9.17, 15) is 20.2 Å². The third kappa shape index (κ3) is 27.0. The van der Waals surface area contributed by atoms with Crippen molar-refractivity contribution >= 4 is 115 Å². The van der Waals surface area contributed by atoms with Gasteiger partial charge in [-0.25, -0.2) is 9.98 Å². The van der Waals surface area contributed by atoms with Crippen molar-refractivity contribution in [3.8, 4) is 28.7 Å². The number of ether oxygens (including phenoxy) is 5. The molecule has 0 unspecified atom stereocenters. The predicted octanol–water partition coefficient (Wildman–Crippen LogP) is 10.7. The minimum atomic E-state index is -0.420. The summed E-state index contributed by atoms with van der Waals surface area (Å²) in [4.78, 5) is 51.4. The molecule has 5 aromatic carbocycles. The summed E-state index contributed by atoms with van der Waals surface area (Å²) in [5, 5.41) is 28.3. The van der Waals surface area contributed by atoms with Crippen LogP contribution in [0.25, 0.3) is 0 Å². The van der Waals surface area contributed by atoms with Gasteiger partial charge >= 0.3 is 0 Å². The molecule has 0 bridgehead atoms. The van der Waals surface area contributed by atoms with Gasteiger partial charge in [-0.05, 0) is 160 Å². The Hall–Kier alpha value is -8.58. The summed E-state index contributed by atoms with van der Waals surface area (Å²) in [5.74, 6) is 6.02. The van der Waals surface area contributed by atoms with Crippen LogP contribution >= 0.6 is 46.7 Å². The van der Waals surface area contributed by atoms with E-state index in [4.69, 9.17) is 52.5 Å². The second-order valence-corrected chi connectivity index (χ2v) is 26.9. The van der Waals surface area contributed by atoms with E-state index >= 15 is 0 Å². The fourth-order valence-electron chi connectivity index (χ4n) is 10.2. The van der Waals surface area contributed by atoms with Crippen LogP contribution in [0.4, 0.5) is 56.9 Å². The van der Waals surface area contributed by atoms with Gasteiger partial charge in [-0.1, -0.05) is 19.6 Å². The quantitative estimate of drug-likeness (QED) is 0.0138. The van der Waals surface area contributed by atoms with E-state index in [2.05, 4.69) is 109 Å². The predicted molar refractivity (Wildman–Crippen MR) is 422 cm³/mol. The van der Waals surface area contributed by atoms with Gasteiger partial charge in [0.2, 0.25) is 0 Å². The van der Waals surface area contributed by atoms with Gasteiger partial charge in [0.15, 0.2) is 0 Å². The van der Waals surface area contributed by atoms with Crippen LogP contribution in [-0.2, 0) is 0 Å². The molecule has 2 aromatic heterocycles. The summed E-state index contributed by atoms with van der Waals surface area (Å²) in [5.41, 5.74) is 25.5. The lowest BCUT2D eigenvalue weighted by Gasteiger charge is -2.32. The molecule has 0 spiro atoms. The van der Waals surface area contributed by atoms with E-state index in [0.717, 1.165) is 183 Å². The molecule has 26 nitrogen and oxygen atoms in total. The molecule has 5 aliphatic rings. The van der Waals surface area contributed by atoms with Crippen molar-refractivity contribution < 1.29 is 33.5 Å². The van der Waals surface area contributed by atoms with Gasteiger partial charge in [-0.3, -0.25) is 20.2 Å². The monoisotopic (exact) mass is 1470 g/mol. The molecule has 101 heavy (non-hydrogen) atoms. The van der Waals surface area contributed by atoms with E-state index in [1.165, 1.54) is 18.2 Å². The van der Waals surface area contributed by atoms with Crippen molar-refractivity contribution in [3.63, 3.8) is 0 Å². The molecule has 552 valence electrons. The van der Waals surface area contributed by atoms with Crippen LogP contribution in [0.1, 0.15) is 17.2 Å². The summed E-state index contributed by atoms with van der Waals surface area (Å²) in [6, 6.07) is 35.0. The highest BCUT2D eigenvalue weighted by Crippen LogP contribution is 2.39. The summed E-state index contributed by atoms with van der Waals surface area (Å²) >= 11 is 8.54. The summed E-state index contributed by atoms with van der Waals surface area (Å²) in [6.07, 6.45) is 0. The normalized spacial score (nSPS) is 14.0. The second kappa shape index (κ2) is 42.6. The number of hydrogen-bond donors (Lipinski definition) is 4. The third-order valence-electron chi connectivity index (χ3n) is 15.6. The molecule has 0 saturated heterocycles. The largest absolute Gasteiger partial charge is 0.490 e. The summed E-state index contributed by atoms with van der Waals surface area (Å²) in [7, 11) is 20.5. The number of nitro benzene ring substituents is 2. The zero-order valence-electron chi connectivity index (χ0n) is 59.1. The number of likely N-dealkylation sites (N-methyl/N-ethyl adjacent to an activating group) is 4. The van der Waals surface area contributed by atoms with E-state index in [1.807, 2.05) is 111 Å². The Labute approximate surface area is 615 Å². The number of amidine groups is 2. The maximum Gasteiger partial charge on any atom is 0.271 e. The molecule has 7 heterocycles. The number of benzene rings is 5. The highest BCUT2D eigenvalue weighted by molar-refractivity contribution is 7.12. The third-order valence-corrected chi connectivity index (χ3v) is 17.5. The number of anilines is 6. The number of alkyl halides is 1. The molecule has 30 heteroatoms. The Bertz CT molecular complexity index is 3580. The number of non-ortho nitro benzene ring substituents is 2. The zero-order chi connectivity index (χ0) is 71.4. The Balaban J connectivity index is 0.000000224. The van der Waals surface area contributed by atoms with Gasteiger partial charge in [0.25, 0.3) is 11.4 Å². The molecule has 12 rings (SSSR count). The number of rotatable bonds is 20. The Morgan fingerprint density at radius 1 is 0.495 bits per heavy atom. The van der Waals surface area contributed by atoms with Crippen LogP contribution in [0.5, 0.6) is 28.7 Å². The average molecular weight is 1470 g/mol. The van der Waals surface area contributed by atoms with Crippen molar-refractivity contribution in [2.24, 2.45) is 21.5 Å². The molecular weight excluding hydrogens is 1370 g/mol. The molecular formula is C71H103Cl2N17O9S2. The lowest BCUT2D eigenvalue weighted by Crippen LogP contribution is -2.37. The van der Waals surface area contributed by atoms with Crippen LogP contribution in [0.2, 0.25) is 0 Å². The lowest BCUT2D eigenvalue weighted by atomic mass is 10.2. The number of nitrogens with one attached hydrogen (secondary N) is 1.